The molecule has 0 aromatic heterocycles. The summed E-state index contributed by atoms with van der Waals surface area (Å²) in [7, 11) is 1.88. The lowest BCUT2D eigenvalue weighted by molar-refractivity contribution is -0.126. The summed E-state index contributed by atoms with van der Waals surface area (Å²) in [6.45, 7) is 13.8. The minimum absolute atomic E-state index is 0.185. The van der Waals surface area contributed by atoms with Crippen LogP contribution in [-0.4, -0.2) is 36.2 Å². The van der Waals surface area contributed by atoms with Gasteiger partial charge in [-0.05, 0) is 65.8 Å². The van der Waals surface area contributed by atoms with Gasteiger partial charge in [-0.3, -0.25) is 9.59 Å². The molecule has 0 spiro atoms. The monoisotopic (exact) mass is 434 g/mol. The van der Waals surface area contributed by atoms with Crippen molar-refractivity contribution in [1.82, 2.24) is 10.6 Å². The Kier molecular flexibility index (Phi) is 16.6. The summed E-state index contributed by atoms with van der Waals surface area (Å²) in [6.07, 6.45) is 18.0. The van der Waals surface area contributed by atoms with E-state index < -0.39 is 11.1 Å². The highest BCUT2D eigenvalue weighted by Crippen LogP contribution is 2.22. The first-order valence-electron chi connectivity index (χ1n) is 12.5. The fourth-order valence-corrected chi connectivity index (χ4v) is 4.22. The average Bonchev–Trinajstić information content (AvgIpc) is 2.76. The zero-order chi connectivity index (χ0) is 23.6. The van der Waals surface area contributed by atoms with Crippen LogP contribution in [0.25, 0.3) is 0 Å². The lowest BCUT2D eigenvalue weighted by Crippen LogP contribution is -2.53. The van der Waals surface area contributed by atoms with Crippen LogP contribution in [0.1, 0.15) is 111 Å². The second-order valence-electron chi connectivity index (χ2n) is 9.16. The second kappa shape index (κ2) is 17.3. The SMILES string of the molecule is C=CCCCCCCC(C)(NC)C(=O)CCNC(CC)(CCCCCCC=C)C(C)=O. The summed E-state index contributed by atoms with van der Waals surface area (Å²) in [5.41, 5.74) is -0.990. The number of nitrogens with one attached hydrogen (secondary N) is 2. The summed E-state index contributed by atoms with van der Waals surface area (Å²) < 4.78 is 0. The van der Waals surface area contributed by atoms with Gasteiger partial charge in [0.15, 0.2) is 5.78 Å². The summed E-state index contributed by atoms with van der Waals surface area (Å²) in [6, 6.07) is 0. The molecular weight excluding hydrogens is 384 g/mol. The minimum atomic E-state index is -0.500. The van der Waals surface area contributed by atoms with Crippen LogP contribution in [0.4, 0.5) is 0 Å². The number of unbranched alkanes of at least 4 members (excludes halogenated alkanes) is 8. The maximum atomic E-state index is 13.0. The Balaban J connectivity index is 4.57. The highest BCUT2D eigenvalue weighted by Gasteiger charge is 2.34. The Bertz CT molecular complexity index is 531. The zero-order valence-electron chi connectivity index (χ0n) is 21.0. The Labute approximate surface area is 192 Å². The Morgan fingerprint density at radius 1 is 0.871 bits per heavy atom. The number of likely N-dealkylation sites (N-methyl/N-ethyl adjacent to an activating group) is 1. The van der Waals surface area contributed by atoms with Crippen molar-refractivity contribution in [2.45, 2.75) is 122 Å². The standard InChI is InChI=1S/C27H50N2O2/c1-7-10-12-14-16-18-21-26(5,28-6)25(31)20-23-29-27(9-3,24(4)30)22-19-17-15-13-11-8-2/h7-8,28-29H,1-2,9-23H2,3-6H3. The van der Waals surface area contributed by atoms with Gasteiger partial charge in [-0.1, -0.05) is 57.6 Å². The molecule has 0 amide bonds. The predicted molar refractivity (Wildman–Crippen MR) is 135 cm³/mol. The van der Waals surface area contributed by atoms with Crippen molar-refractivity contribution in [2.75, 3.05) is 13.6 Å². The number of allylic oxidation sites excluding steroid dienone is 2. The molecule has 0 aliphatic carbocycles. The molecule has 0 aromatic rings. The molecule has 0 saturated carbocycles. The van der Waals surface area contributed by atoms with Crippen molar-refractivity contribution in [3.63, 3.8) is 0 Å². The molecule has 0 bridgehead atoms. The number of hydrogen-bond acceptors (Lipinski definition) is 4. The lowest BCUT2D eigenvalue weighted by Gasteiger charge is -2.33. The Morgan fingerprint density at radius 3 is 1.84 bits per heavy atom. The number of rotatable bonds is 22. The van der Waals surface area contributed by atoms with Crippen molar-refractivity contribution in [3.05, 3.63) is 25.3 Å². The third kappa shape index (κ3) is 11.8. The van der Waals surface area contributed by atoms with Crippen LogP contribution in [0.15, 0.2) is 25.3 Å². The van der Waals surface area contributed by atoms with Gasteiger partial charge in [-0.25, -0.2) is 0 Å². The number of Topliss-reactive ketones (excluding diaryl/α,β-unsaturated/α-hetero) is 2. The molecule has 0 rings (SSSR count). The van der Waals surface area contributed by atoms with E-state index in [2.05, 4.69) is 30.7 Å². The molecule has 0 fully saturated rings. The normalized spacial score (nSPS) is 15.1. The van der Waals surface area contributed by atoms with Crippen molar-refractivity contribution in [3.8, 4) is 0 Å². The van der Waals surface area contributed by atoms with Gasteiger partial charge in [0.1, 0.15) is 5.78 Å². The van der Waals surface area contributed by atoms with Gasteiger partial charge in [0.25, 0.3) is 0 Å². The smallest absolute Gasteiger partial charge is 0.153 e. The highest BCUT2D eigenvalue weighted by atomic mass is 16.1. The first-order valence-corrected chi connectivity index (χ1v) is 12.5. The molecule has 0 aliphatic heterocycles. The van der Waals surface area contributed by atoms with Crippen LogP contribution >= 0.6 is 0 Å². The molecule has 2 N–H and O–H groups in total. The molecule has 4 heteroatoms. The molecule has 31 heavy (non-hydrogen) atoms. The molecule has 2 unspecified atom stereocenters. The van der Waals surface area contributed by atoms with Crippen LogP contribution in [0.2, 0.25) is 0 Å². The first kappa shape index (κ1) is 29.7. The maximum Gasteiger partial charge on any atom is 0.153 e. The van der Waals surface area contributed by atoms with Gasteiger partial charge < -0.3 is 10.6 Å². The Morgan fingerprint density at radius 2 is 1.39 bits per heavy atom. The molecule has 4 nitrogen and oxygen atoms in total. The van der Waals surface area contributed by atoms with Gasteiger partial charge in [0.2, 0.25) is 0 Å². The quantitative estimate of drug-likeness (QED) is 0.155. The third-order valence-corrected chi connectivity index (χ3v) is 6.86. The van der Waals surface area contributed by atoms with Gasteiger partial charge in [-0.15, -0.1) is 13.2 Å². The van der Waals surface area contributed by atoms with Gasteiger partial charge in [-0.2, -0.15) is 0 Å². The molecule has 0 aliphatic rings. The lowest BCUT2D eigenvalue weighted by atomic mass is 9.84. The van der Waals surface area contributed by atoms with E-state index in [9.17, 15) is 9.59 Å². The number of carbonyl (C=O) groups is 2. The van der Waals surface area contributed by atoms with Crippen LogP contribution in [0.3, 0.4) is 0 Å². The average molecular weight is 435 g/mol. The summed E-state index contributed by atoms with van der Waals surface area (Å²) in [4.78, 5) is 25.4. The highest BCUT2D eigenvalue weighted by molar-refractivity contribution is 5.88. The van der Waals surface area contributed by atoms with Crippen molar-refractivity contribution in [1.29, 1.82) is 0 Å². The number of carbonyl (C=O) groups excluding carboxylic acids is 2. The fourth-order valence-electron chi connectivity index (χ4n) is 4.22. The molecule has 0 heterocycles. The van der Waals surface area contributed by atoms with Gasteiger partial charge >= 0.3 is 0 Å². The van der Waals surface area contributed by atoms with E-state index in [1.165, 1.54) is 25.7 Å². The predicted octanol–water partition coefficient (Wildman–Crippen LogP) is 6.30. The van der Waals surface area contributed by atoms with Gasteiger partial charge in [0, 0.05) is 13.0 Å². The van der Waals surface area contributed by atoms with Crippen LogP contribution in [-0.2, 0) is 9.59 Å². The van der Waals surface area contributed by atoms with Crippen molar-refractivity contribution >= 4 is 11.6 Å². The maximum absolute atomic E-state index is 13.0. The number of ketones is 2. The van der Waals surface area contributed by atoms with Crippen LogP contribution in [0.5, 0.6) is 0 Å². The number of hydrogen-bond donors (Lipinski definition) is 2. The largest absolute Gasteiger partial charge is 0.308 e. The Hall–Kier alpha value is -1.26. The topological polar surface area (TPSA) is 58.2 Å². The van der Waals surface area contributed by atoms with E-state index in [4.69, 9.17) is 0 Å². The van der Waals surface area contributed by atoms with E-state index in [1.54, 1.807) is 6.92 Å². The van der Waals surface area contributed by atoms with E-state index in [-0.39, 0.29) is 11.6 Å². The van der Waals surface area contributed by atoms with E-state index in [0.717, 1.165) is 57.8 Å². The molecule has 0 radical (unpaired) electrons. The fraction of sp³-hybridized carbons (Fsp3) is 0.778. The summed E-state index contributed by atoms with van der Waals surface area (Å²) in [5, 5.41) is 6.73. The molecule has 0 saturated heterocycles. The third-order valence-electron chi connectivity index (χ3n) is 6.86. The molecular formula is C27H50N2O2. The van der Waals surface area contributed by atoms with Crippen molar-refractivity contribution < 1.29 is 9.59 Å². The first-order chi connectivity index (χ1) is 14.8. The van der Waals surface area contributed by atoms with E-state index >= 15 is 0 Å². The minimum Gasteiger partial charge on any atom is -0.308 e. The zero-order valence-corrected chi connectivity index (χ0v) is 21.0. The summed E-state index contributed by atoms with van der Waals surface area (Å²) >= 11 is 0. The summed E-state index contributed by atoms with van der Waals surface area (Å²) in [5.74, 6) is 0.413. The van der Waals surface area contributed by atoms with Crippen molar-refractivity contribution in [2.24, 2.45) is 0 Å². The van der Waals surface area contributed by atoms with E-state index in [1.807, 2.05) is 26.1 Å². The molecule has 2 atom stereocenters. The van der Waals surface area contributed by atoms with Gasteiger partial charge in [0.05, 0.1) is 11.1 Å². The van der Waals surface area contributed by atoms with Crippen LogP contribution in [0, 0.1) is 0 Å². The second-order valence-corrected chi connectivity index (χ2v) is 9.16. The molecule has 180 valence electrons. The van der Waals surface area contributed by atoms with Crippen LogP contribution < -0.4 is 10.6 Å². The molecule has 0 aromatic carbocycles. The van der Waals surface area contributed by atoms with E-state index in [0.29, 0.717) is 13.0 Å².